The SMILES string of the molecule is Cc1oc(-c2ccccc2)nc1CCNC(=O)c1ccc([S@@](C)=O)cc1. The van der Waals surface area contributed by atoms with Crippen LogP contribution in [0.1, 0.15) is 21.8 Å². The van der Waals surface area contributed by atoms with E-state index < -0.39 is 10.8 Å². The molecular formula is C20H20N2O3S. The van der Waals surface area contributed by atoms with Crippen LogP contribution in [0.3, 0.4) is 0 Å². The van der Waals surface area contributed by atoms with E-state index in [1.165, 1.54) is 0 Å². The highest BCUT2D eigenvalue weighted by molar-refractivity contribution is 7.84. The molecule has 0 aliphatic heterocycles. The summed E-state index contributed by atoms with van der Waals surface area (Å²) >= 11 is 0. The van der Waals surface area contributed by atoms with Gasteiger partial charge in [0, 0.05) is 46.0 Å². The lowest BCUT2D eigenvalue weighted by Gasteiger charge is -2.05. The van der Waals surface area contributed by atoms with Crippen molar-refractivity contribution in [3.63, 3.8) is 0 Å². The Labute approximate surface area is 154 Å². The lowest BCUT2D eigenvalue weighted by molar-refractivity contribution is 0.0954. The minimum Gasteiger partial charge on any atom is -0.441 e. The molecule has 0 saturated heterocycles. The van der Waals surface area contributed by atoms with Crippen LogP contribution in [0.25, 0.3) is 11.5 Å². The van der Waals surface area contributed by atoms with Gasteiger partial charge in [-0.15, -0.1) is 0 Å². The van der Waals surface area contributed by atoms with Gasteiger partial charge in [0.2, 0.25) is 5.89 Å². The van der Waals surface area contributed by atoms with Gasteiger partial charge in [0.25, 0.3) is 5.91 Å². The maximum absolute atomic E-state index is 12.2. The Kier molecular flexibility index (Phi) is 5.63. The largest absolute Gasteiger partial charge is 0.441 e. The molecule has 3 aromatic rings. The summed E-state index contributed by atoms with van der Waals surface area (Å²) < 4.78 is 17.1. The van der Waals surface area contributed by atoms with Gasteiger partial charge in [0.1, 0.15) is 5.76 Å². The highest BCUT2D eigenvalue weighted by atomic mass is 32.2. The molecule has 1 N–H and O–H groups in total. The number of carbonyl (C=O) groups excluding carboxylic acids is 1. The quantitative estimate of drug-likeness (QED) is 0.724. The number of hydrogen-bond acceptors (Lipinski definition) is 4. The van der Waals surface area contributed by atoms with Crippen LogP contribution in [-0.4, -0.2) is 27.9 Å². The second-order valence-corrected chi connectivity index (χ2v) is 7.25. The van der Waals surface area contributed by atoms with E-state index in [2.05, 4.69) is 10.3 Å². The summed E-state index contributed by atoms with van der Waals surface area (Å²) in [4.78, 5) is 17.4. The Morgan fingerprint density at radius 3 is 2.46 bits per heavy atom. The zero-order valence-electron chi connectivity index (χ0n) is 14.7. The van der Waals surface area contributed by atoms with Crippen LogP contribution in [0.2, 0.25) is 0 Å². The van der Waals surface area contributed by atoms with Crippen LogP contribution >= 0.6 is 0 Å². The van der Waals surface area contributed by atoms with Gasteiger partial charge in [0.05, 0.1) is 5.69 Å². The number of oxazole rings is 1. The van der Waals surface area contributed by atoms with Crippen molar-refractivity contribution in [1.82, 2.24) is 10.3 Å². The van der Waals surface area contributed by atoms with Crippen molar-refractivity contribution in [2.45, 2.75) is 18.2 Å². The fourth-order valence-corrected chi connectivity index (χ4v) is 3.08. The molecule has 0 saturated carbocycles. The summed E-state index contributed by atoms with van der Waals surface area (Å²) in [5.41, 5.74) is 2.31. The van der Waals surface area contributed by atoms with Crippen LogP contribution in [0.5, 0.6) is 0 Å². The van der Waals surface area contributed by atoms with Crippen molar-refractivity contribution in [2.75, 3.05) is 12.8 Å². The molecule has 1 amide bonds. The van der Waals surface area contributed by atoms with E-state index in [0.717, 1.165) is 17.0 Å². The Morgan fingerprint density at radius 1 is 1.12 bits per heavy atom. The van der Waals surface area contributed by atoms with Gasteiger partial charge in [-0.1, -0.05) is 18.2 Å². The number of amides is 1. The maximum Gasteiger partial charge on any atom is 0.251 e. The standard InChI is InChI=1S/C20H20N2O3S/c1-14-18(22-20(25-14)16-6-4-3-5-7-16)12-13-21-19(23)15-8-10-17(11-9-15)26(2)24/h3-11H,12-13H2,1-2H3,(H,21,23)/t26-/m1/s1. The smallest absolute Gasteiger partial charge is 0.251 e. The molecule has 0 spiro atoms. The Hall–Kier alpha value is -2.73. The Morgan fingerprint density at radius 2 is 1.81 bits per heavy atom. The van der Waals surface area contributed by atoms with Crippen LogP contribution in [0, 0.1) is 6.92 Å². The number of benzene rings is 2. The van der Waals surface area contributed by atoms with Gasteiger partial charge < -0.3 is 9.73 Å². The number of nitrogens with zero attached hydrogens (tertiary/aromatic N) is 1. The Balaban J connectivity index is 1.59. The van der Waals surface area contributed by atoms with Gasteiger partial charge in [-0.2, -0.15) is 0 Å². The van der Waals surface area contributed by atoms with Crippen molar-refractivity contribution >= 4 is 16.7 Å². The van der Waals surface area contributed by atoms with Gasteiger partial charge in [0.15, 0.2) is 0 Å². The summed E-state index contributed by atoms with van der Waals surface area (Å²) in [6.07, 6.45) is 2.20. The van der Waals surface area contributed by atoms with E-state index in [-0.39, 0.29) is 5.91 Å². The fraction of sp³-hybridized carbons (Fsp3) is 0.200. The van der Waals surface area contributed by atoms with Crippen molar-refractivity contribution in [3.05, 3.63) is 71.6 Å². The molecule has 1 atom stereocenters. The first-order chi connectivity index (χ1) is 12.5. The predicted molar refractivity (Wildman–Crippen MR) is 101 cm³/mol. The van der Waals surface area contributed by atoms with Gasteiger partial charge >= 0.3 is 0 Å². The van der Waals surface area contributed by atoms with Crippen LogP contribution < -0.4 is 5.32 Å². The molecule has 0 fully saturated rings. The van der Waals surface area contributed by atoms with E-state index in [4.69, 9.17) is 4.42 Å². The average molecular weight is 368 g/mol. The third-order valence-corrected chi connectivity index (χ3v) is 4.95. The normalized spacial score (nSPS) is 11.9. The zero-order valence-corrected chi connectivity index (χ0v) is 15.5. The van der Waals surface area contributed by atoms with Gasteiger partial charge in [-0.25, -0.2) is 4.98 Å². The third-order valence-electron chi connectivity index (χ3n) is 4.01. The topological polar surface area (TPSA) is 72.2 Å². The molecule has 6 heteroatoms. The van der Waals surface area contributed by atoms with Crippen LogP contribution in [-0.2, 0) is 17.2 Å². The molecule has 26 heavy (non-hydrogen) atoms. The summed E-state index contributed by atoms with van der Waals surface area (Å²) in [6.45, 7) is 2.34. The second kappa shape index (κ2) is 8.10. The lowest BCUT2D eigenvalue weighted by Crippen LogP contribution is -2.25. The third kappa shape index (κ3) is 4.26. The molecule has 0 aliphatic rings. The van der Waals surface area contributed by atoms with Crippen LogP contribution in [0.4, 0.5) is 0 Å². The van der Waals surface area contributed by atoms with E-state index in [0.29, 0.717) is 29.3 Å². The maximum atomic E-state index is 12.2. The van der Waals surface area contributed by atoms with Gasteiger partial charge in [-0.3, -0.25) is 9.00 Å². The summed E-state index contributed by atoms with van der Waals surface area (Å²) in [7, 11) is -1.05. The number of nitrogens with one attached hydrogen (secondary N) is 1. The highest BCUT2D eigenvalue weighted by Crippen LogP contribution is 2.21. The molecule has 0 aliphatic carbocycles. The monoisotopic (exact) mass is 368 g/mol. The molecule has 0 radical (unpaired) electrons. The molecule has 3 rings (SSSR count). The zero-order chi connectivity index (χ0) is 18.5. The first kappa shape index (κ1) is 18.1. The highest BCUT2D eigenvalue weighted by Gasteiger charge is 2.12. The van der Waals surface area contributed by atoms with E-state index >= 15 is 0 Å². The van der Waals surface area contributed by atoms with E-state index in [1.54, 1.807) is 30.5 Å². The number of aryl methyl sites for hydroxylation is 1. The van der Waals surface area contributed by atoms with E-state index in [1.807, 2.05) is 37.3 Å². The molecule has 0 unspecified atom stereocenters. The minimum atomic E-state index is -1.05. The molecular weight excluding hydrogens is 348 g/mol. The first-order valence-corrected chi connectivity index (χ1v) is 9.84. The lowest BCUT2D eigenvalue weighted by atomic mass is 10.2. The predicted octanol–water partition coefficient (Wildman–Crippen LogP) is 3.36. The molecule has 134 valence electrons. The van der Waals surface area contributed by atoms with Crippen molar-refractivity contribution in [3.8, 4) is 11.5 Å². The minimum absolute atomic E-state index is 0.164. The number of aromatic nitrogens is 1. The molecule has 1 aromatic heterocycles. The molecule has 2 aromatic carbocycles. The molecule has 5 nitrogen and oxygen atoms in total. The van der Waals surface area contributed by atoms with Crippen molar-refractivity contribution in [2.24, 2.45) is 0 Å². The second-order valence-electron chi connectivity index (χ2n) is 5.87. The van der Waals surface area contributed by atoms with Crippen molar-refractivity contribution < 1.29 is 13.4 Å². The summed E-state index contributed by atoms with van der Waals surface area (Å²) in [5, 5.41) is 2.88. The summed E-state index contributed by atoms with van der Waals surface area (Å²) in [6, 6.07) is 16.5. The first-order valence-electron chi connectivity index (χ1n) is 8.28. The average Bonchev–Trinajstić information content (AvgIpc) is 3.03. The Bertz CT molecular complexity index is 918. The van der Waals surface area contributed by atoms with Crippen molar-refractivity contribution in [1.29, 1.82) is 0 Å². The van der Waals surface area contributed by atoms with Crippen LogP contribution in [0.15, 0.2) is 63.9 Å². The number of carbonyl (C=O) groups is 1. The number of rotatable bonds is 6. The molecule has 0 bridgehead atoms. The summed E-state index contributed by atoms with van der Waals surface area (Å²) in [5.74, 6) is 1.18. The fourth-order valence-electron chi connectivity index (χ4n) is 2.56. The number of hydrogen-bond donors (Lipinski definition) is 1. The van der Waals surface area contributed by atoms with Gasteiger partial charge in [-0.05, 0) is 43.3 Å². The van der Waals surface area contributed by atoms with E-state index in [9.17, 15) is 9.00 Å². The molecule has 1 heterocycles.